The molecule has 0 radical (unpaired) electrons. The van der Waals surface area contributed by atoms with Gasteiger partial charge < -0.3 is 15.5 Å². The summed E-state index contributed by atoms with van der Waals surface area (Å²) < 4.78 is 0. The van der Waals surface area contributed by atoms with Gasteiger partial charge in [-0.25, -0.2) is 0 Å². The minimum absolute atomic E-state index is 0.0688. The zero-order valence-corrected chi connectivity index (χ0v) is 48.0. The van der Waals surface area contributed by atoms with Gasteiger partial charge in [-0.15, -0.1) is 0 Å². The molecular weight excluding hydrogens is 867 g/mol. The quantitative estimate of drug-likeness (QED) is 0.0420. The van der Waals surface area contributed by atoms with E-state index in [0.717, 1.165) is 44.9 Å². The average Bonchev–Trinajstić information content (AvgIpc) is 3.37. The molecule has 0 aromatic heterocycles. The molecule has 4 heteroatoms. The van der Waals surface area contributed by atoms with Gasteiger partial charge in [0.15, 0.2) is 0 Å². The van der Waals surface area contributed by atoms with Gasteiger partial charge in [-0.3, -0.25) is 4.79 Å². The minimum atomic E-state index is -0.864. The molecule has 0 saturated carbocycles. The van der Waals surface area contributed by atoms with Gasteiger partial charge in [-0.05, 0) is 70.6 Å². The highest BCUT2D eigenvalue weighted by atomic mass is 16.3. The fraction of sp³-hybridized carbons (Fsp3) is 0.836. The summed E-state index contributed by atoms with van der Waals surface area (Å²) in [5.74, 6) is -0.0688. The summed E-state index contributed by atoms with van der Waals surface area (Å²) in [5.41, 5.74) is 0. The third-order valence-electron chi connectivity index (χ3n) is 14.7. The lowest BCUT2D eigenvalue weighted by molar-refractivity contribution is -0.123. The molecule has 0 saturated heterocycles. The van der Waals surface area contributed by atoms with Gasteiger partial charge in [0.05, 0.1) is 18.8 Å². The van der Waals surface area contributed by atoms with Crippen LogP contribution in [-0.4, -0.2) is 34.9 Å². The Morgan fingerprint density at radius 1 is 0.338 bits per heavy atom. The van der Waals surface area contributed by atoms with Gasteiger partial charge in [0.2, 0.25) is 5.91 Å². The summed E-state index contributed by atoms with van der Waals surface area (Å²) in [5, 5.41) is 23.2. The first-order valence-electron chi connectivity index (χ1n) is 32.0. The lowest BCUT2D eigenvalue weighted by Gasteiger charge is -2.19. The second-order valence-electron chi connectivity index (χ2n) is 21.8. The normalized spacial score (nSPS) is 13.1. The topological polar surface area (TPSA) is 69.6 Å². The van der Waals surface area contributed by atoms with E-state index in [0.29, 0.717) is 6.42 Å². The van der Waals surface area contributed by atoms with Crippen LogP contribution in [0.15, 0.2) is 60.8 Å². The maximum Gasteiger partial charge on any atom is 0.220 e. The van der Waals surface area contributed by atoms with Crippen molar-refractivity contribution in [2.45, 2.75) is 353 Å². The predicted octanol–water partition coefficient (Wildman–Crippen LogP) is 21.5. The average molecular weight is 993 g/mol. The molecule has 2 atom stereocenters. The number of rotatable bonds is 59. The van der Waals surface area contributed by atoms with Crippen LogP contribution in [0.5, 0.6) is 0 Å². The highest BCUT2D eigenvalue weighted by Crippen LogP contribution is 2.18. The summed E-state index contributed by atoms with van der Waals surface area (Å²) in [7, 11) is 0. The van der Waals surface area contributed by atoms with Gasteiger partial charge in [-0.2, -0.15) is 0 Å². The zero-order valence-electron chi connectivity index (χ0n) is 48.0. The maximum atomic E-state index is 12.5. The van der Waals surface area contributed by atoms with Crippen LogP contribution in [0.1, 0.15) is 341 Å². The molecule has 2 unspecified atom stereocenters. The number of carbonyl (C=O) groups excluding carboxylic acids is 1. The highest BCUT2D eigenvalue weighted by molar-refractivity contribution is 5.76. The second-order valence-corrected chi connectivity index (χ2v) is 21.8. The Balaban J connectivity index is 3.48. The standard InChI is InChI=1S/C67H125NO3/c1-3-5-7-9-11-13-15-17-19-21-23-25-27-29-30-31-32-33-34-35-36-37-38-39-41-43-45-47-49-51-53-55-57-59-61-63-67(71)68-65(64-69)66(70)62-60-58-56-54-52-50-48-46-44-42-40-28-26-24-22-20-18-16-14-12-10-8-6-4-2/h15,17,21,23,27,29,52,54,60,62,65-66,69-70H,3-14,16,18-20,22,24-26,28,30-51,53,55-59,61,63-64H2,1-2H3,(H,68,71)/b17-15-,23-21-,29-27-,54-52+,62-60+. The van der Waals surface area contributed by atoms with Crippen molar-refractivity contribution in [1.82, 2.24) is 5.32 Å². The molecule has 0 bridgehead atoms. The summed E-state index contributed by atoms with van der Waals surface area (Å²) in [4.78, 5) is 12.5. The number of allylic oxidation sites excluding steroid dienone is 9. The third-order valence-corrected chi connectivity index (χ3v) is 14.7. The minimum Gasteiger partial charge on any atom is -0.394 e. The van der Waals surface area contributed by atoms with E-state index in [9.17, 15) is 15.0 Å². The fourth-order valence-corrected chi connectivity index (χ4v) is 9.85. The molecule has 0 aromatic carbocycles. The largest absolute Gasteiger partial charge is 0.394 e. The Labute approximate surface area is 445 Å². The zero-order chi connectivity index (χ0) is 51.3. The van der Waals surface area contributed by atoms with Crippen molar-refractivity contribution in [1.29, 1.82) is 0 Å². The van der Waals surface area contributed by atoms with Crippen molar-refractivity contribution in [3.8, 4) is 0 Å². The maximum absolute atomic E-state index is 12.5. The van der Waals surface area contributed by atoms with E-state index in [1.165, 1.54) is 276 Å². The molecule has 0 aliphatic carbocycles. The van der Waals surface area contributed by atoms with Crippen LogP contribution in [0, 0.1) is 0 Å². The monoisotopic (exact) mass is 992 g/mol. The Morgan fingerprint density at radius 2 is 0.592 bits per heavy atom. The van der Waals surface area contributed by atoms with E-state index in [2.05, 4.69) is 67.8 Å². The number of aliphatic hydroxyl groups is 2. The van der Waals surface area contributed by atoms with Crippen LogP contribution >= 0.6 is 0 Å². The Morgan fingerprint density at radius 3 is 0.915 bits per heavy atom. The van der Waals surface area contributed by atoms with Crippen LogP contribution in [-0.2, 0) is 4.79 Å². The van der Waals surface area contributed by atoms with Crippen molar-refractivity contribution < 1.29 is 15.0 Å². The summed E-state index contributed by atoms with van der Waals surface area (Å²) in [6.45, 7) is 4.32. The third kappa shape index (κ3) is 58.8. The van der Waals surface area contributed by atoms with Gasteiger partial charge in [0.25, 0.3) is 0 Å². The van der Waals surface area contributed by atoms with Gasteiger partial charge in [0.1, 0.15) is 0 Å². The van der Waals surface area contributed by atoms with Crippen LogP contribution in [0.25, 0.3) is 0 Å². The first kappa shape index (κ1) is 69.1. The summed E-state index contributed by atoms with van der Waals surface area (Å²) in [6.07, 6.45) is 88.5. The number of aliphatic hydroxyl groups excluding tert-OH is 2. The number of amides is 1. The van der Waals surface area contributed by atoms with E-state index in [4.69, 9.17) is 0 Å². The van der Waals surface area contributed by atoms with E-state index >= 15 is 0 Å². The summed E-state index contributed by atoms with van der Waals surface area (Å²) in [6, 6.07) is -0.641. The summed E-state index contributed by atoms with van der Waals surface area (Å²) >= 11 is 0. The van der Waals surface area contributed by atoms with Crippen molar-refractivity contribution in [3.63, 3.8) is 0 Å². The molecule has 0 aliphatic heterocycles. The van der Waals surface area contributed by atoms with E-state index in [-0.39, 0.29) is 12.5 Å². The van der Waals surface area contributed by atoms with Gasteiger partial charge in [0, 0.05) is 6.42 Å². The van der Waals surface area contributed by atoms with Crippen molar-refractivity contribution >= 4 is 5.91 Å². The number of hydrogen-bond donors (Lipinski definition) is 3. The molecule has 416 valence electrons. The van der Waals surface area contributed by atoms with Gasteiger partial charge >= 0.3 is 0 Å². The van der Waals surface area contributed by atoms with E-state index in [1.807, 2.05) is 6.08 Å². The Kier molecular flexibility index (Phi) is 60.7. The molecule has 0 spiro atoms. The van der Waals surface area contributed by atoms with Gasteiger partial charge in [-0.1, -0.05) is 325 Å². The van der Waals surface area contributed by atoms with E-state index in [1.54, 1.807) is 6.08 Å². The second kappa shape index (κ2) is 62.4. The predicted molar refractivity (Wildman–Crippen MR) is 318 cm³/mol. The van der Waals surface area contributed by atoms with Crippen molar-refractivity contribution in [3.05, 3.63) is 60.8 Å². The number of nitrogens with one attached hydrogen (secondary N) is 1. The van der Waals surface area contributed by atoms with E-state index < -0.39 is 12.1 Å². The molecular formula is C67H125NO3. The smallest absolute Gasteiger partial charge is 0.220 e. The van der Waals surface area contributed by atoms with Crippen LogP contribution in [0.3, 0.4) is 0 Å². The Bertz CT molecular complexity index is 1170. The van der Waals surface area contributed by atoms with Crippen LogP contribution < -0.4 is 5.32 Å². The Hall–Kier alpha value is -1.91. The number of hydrogen-bond acceptors (Lipinski definition) is 3. The lowest BCUT2D eigenvalue weighted by atomic mass is 10.0. The molecule has 0 heterocycles. The number of carbonyl (C=O) groups is 1. The molecule has 0 rings (SSSR count). The molecule has 0 fully saturated rings. The molecule has 4 nitrogen and oxygen atoms in total. The molecule has 71 heavy (non-hydrogen) atoms. The molecule has 0 aliphatic rings. The number of unbranched alkanes of at least 4 members (excludes halogenated alkanes) is 44. The molecule has 3 N–H and O–H groups in total. The fourth-order valence-electron chi connectivity index (χ4n) is 9.85. The van der Waals surface area contributed by atoms with Crippen molar-refractivity contribution in [2.24, 2.45) is 0 Å². The first-order chi connectivity index (χ1) is 35.2. The molecule has 0 aromatic rings. The highest BCUT2D eigenvalue weighted by Gasteiger charge is 2.18. The SMILES string of the molecule is CCCCCCC/C=C\C/C=C\C/C=C\CCCCCCCCCCCCCCCCCCCCCCC(=O)NC(CO)C(O)/C=C/CC/C=C/CCCCCCCCCCCCCCCCCCCC. The lowest BCUT2D eigenvalue weighted by Crippen LogP contribution is -2.45. The van der Waals surface area contributed by atoms with Crippen molar-refractivity contribution in [2.75, 3.05) is 6.61 Å². The molecule has 1 amide bonds. The van der Waals surface area contributed by atoms with Crippen LogP contribution in [0.2, 0.25) is 0 Å². The van der Waals surface area contributed by atoms with Crippen LogP contribution in [0.4, 0.5) is 0 Å². The first-order valence-corrected chi connectivity index (χ1v) is 32.0.